The van der Waals surface area contributed by atoms with Gasteiger partial charge in [0.2, 0.25) is 0 Å². The van der Waals surface area contributed by atoms with E-state index in [0.29, 0.717) is 5.78 Å². The molecule has 1 saturated carbocycles. The highest BCUT2D eigenvalue weighted by Crippen LogP contribution is 2.56. The summed E-state index contributed by atoms with van der Waals surface area (Å²) in [7, 11) is 0. The van der Waals surface area contributed by atoms with E-state index in [1.165, 1.54) is 16.7 Å². The zero-order chi connectivity index (χ0) is 9.92. The standard InChI is InChI=1S/C13H14O/c1-8-3-4-9(2)11-10(8)7-13(5-6-13)12(11)14/h3-4H,5-7H2,1-2H3. The molecule has 0 unspecified atom stereocenters. The van der Waals surface area contributed by atoms with Crippen molar-refractivity contribution in [3.63, 3.8) is 0 Å². The van der Waals surface area contributed by atoms with E-state index in [1.54, 1.807) is 0 Å². The molecule has 0 heterocycles. The van der Waals surface area contributed by atoms with Crippen molar-refractivity contribution >= 4 is 5.78 Å². The van der Waals surface area contributed by atoms with Gasteiger partial charge < -0.3 is 0 Å². The van der Waals surface area contributed by atoms with Gasteiger partial charge in [0.1, 0.15) is 0 Å². The van der Waals surface area contributed by atoms with Crippen LogP contribution in [0.15, 0.2) is 12.1 Å². The topological polar surface area (TPSA) is 17.1 Å². The second-order valence-corrected chi connectivity index (χ2v) is 4.84. The zero-order valence-electron chi connectivity index (χ0n) is 8.68. The number of benzene rings is 1. The van der Waals surface area contributed by atoms with Crippen LogP contribution < -0.4 is 0 Å². The third kappa shape index (κ3) is 0.827. The average Bonchev–Trinajstić information content (AvgIpc) is 2.85. The molecule has 72 valence electrons. The average molecular weight is 186 g/mol. The normalized spacial score (nSPS) is 21.4. The van der Waals surface area contributed by atoms with Crippen molar-refractivity contribution in [1.29, 1.82) is 0 Å². The number of hydrogen-bond donors (Lipinski definition) is 0. The third-order valence-corrected chi connectivity index (χ3v) is 3.83. The van der Waals surface area contributed by atoms with Crippen molar-refractivity contribution in [3.05, 3.63) is 34.4 Å². The fourth-order valence-electron chi connectivity index (χ4n) is 2.65. The predicted molar refractivity (Wildman–Crippen MR) is 55.6 cm³/mol. The van der Waals surface area contributed by atoms with Gasteiger partial charge in [0, 0.05) is 11.0 Å². The Bertz CT molecular complexity index is 439. The van der Waals surface area contributed by atoms with Crippen LogP contribution in [-0.2, 0) is 6.42 Å². The maximum absolute atomic E-state index is 12.2. The lowest BCUT2D eigenvalue weighted by Crippen LogP contribution is -2.09. The first-order valence-electron chi connectivity index (χ1n) is 5.28. The van der Waals surface area contributed by atoms with Gasteiger partial charge in [-0.25, -0.2) is 0 Å². The highest BCUT2D eigenvalue weighted by atomic mass is 16.1. The molecule has 1 heteroatoms. The zero-order valence-corrected chi connectivity index (χ0v) is 8.68. The molecule has 0 bridgehead atoms. The monoisotopic (exact) mass is 186 g/mol. The summed E-state index contributed by atoms with van der Waals surface area (Å²) in [5, 5.41) is 0. The van der Waals surface area contributed by atoms with Crippen LogP contribution in [0.2, 0.25) is 0 Å². The first-order chi connectivity index (χ1) is 6.64. The maximum Gasteiger partial charge on any atom is 0.169 e. The van der Waals surface area contributed by atoms with Gasteiger partial charge in [-0.1, -0.05) is 12.1 Å². The van der Waals surface area contributed by atoms with Crippen LogP contribution in [0.4, 0.5) is 0 Å². The van der Waals surface area contributed by atoms with Crippen LogP contribution in [0.3, 0.4) is 0 Å². The van der Waals surface area contributed by atoms with E-state index in [4.69, 9.17) is 0 Å². The lowest BCUT2D eigenvalue weighted by Gasteiger charge is -2.04. The quantitative estimate of drug-likeness (QED) is 0.609. The predicted octanol–water partition coefficient (Wildman–Crippen LogP) is 2.82. The van der Waals surface area contributed by atoms with Gasteiger partial charge in [-0.2, -0.15) is 0 Å². The Labute approximate surface area is 84.1 Å². The van der Waals surface area contributed by atoms with E-state index in [2.05, 4.69) is 26.0 Å². The number of carbonyl (C=O) groups excluding carboxylic acids is 1. The fourth-order valence-corrected chi connectivity index (χ4v) is 2.65. The molecule has 0 radical (unpaired) electrons. The van der Waals surface area contributed by atoms with Gasteiger partial charge in [-0.3, -0.25) is 4.79 Å². The summed E-state index contributed by atoms with van der Waals surface area (Å²) in [5.74, 6) is 0.425. The second-order valence-electron chi connectivity index (χ2n) is 4.84. The molecule has 0 aliphatic heterocycles. The molecular formula is C13H14O. The smallest absolute Gasteiger partial charge is 0.169 e. The third-order valence-electron chi connectivity index (χ3n) is 3.83. The Morgan fingerprint density at radius 1 is 1.14 bits per heavy atom. The number of Topliss-reactive ketones (excluding diaryl/α,β-unsaturated/α-hetero) is 1. The van der Waals surface area contributed by atoms with Crippen molar-refractivity contribution in [1.82, 2.24) is 0 Å². The minimum absolute atomic E-state index is 0.0548. The van der Waals surface area contributed by atoms with Crippen LogP contribution in [0, 0.1) is 19.3 Å². The molecule has 0 amide bonds. The van der Waals surface area contributed by atoms with Crippen molar-refractivity contribution in [2.24, 2.45) is 5.41 Å². The number of hydrogen-bond acceptors (Lipinski definition) is 1. The lowest BCUT2D eigenvalue weighted by molar-refractivity contribution is 0.0918. The Hall–Kier alpha value is -1.11. The van der Waals surface area contributed by atoms with Crippen molar-refractivity contribution in [2.75, 3.05) is 0 Å². The summed E-state index contributed by atoms with van der Waals surface area (Å²) in [4.78, 5) is 12.2. The largest absolute Gasteiger partial charge is 0.294 e. The Kier molecular flexibility index (Phi) is 1.34. The SMILES string of the molecule is Cc1ccc(C)c2c1CC1(CC1)C2=O. The Morgan fingerprint density at radius 2 is 1.79 bits per heavy atom. The molecule has 1 nitrogen and oxygen atoms in total. The van der Waals surface area contributed by atoms with Crippen LogP contribution >= 0.6 is 0 Å². The molecule has 14 heavy (non-hydrogen) atoms. The van der Waals surface area contributed by atoms with Gasteiger partial charge in [0.25, 0.3) is 0 Å². The van der Waals surface area contributed by atoms with Crippen LogP contribution in [0.5, 0.6) is 0 Å². The maximum atomic E-state index is 12.2. The number of aryl methyl sites for hydroxylation is 2. The number of carbonyl (C=O) groups is 1. The van der Waals surface area contributed by atoms with E-state index in [1.807, 2.05) is 0 Å². The first-order valence-corrected chi connectivity index (χ1v) is 5.28. The highest BCUT2D eigenvalue weighted by molar-refractivity contribution is 6.08. The van der Waals surface area contributed by atoms with E-state index >= 15 is 0 Å². The van der Waals surface area contributed by atoms with Crippen LogP contribution in [-0.4, -0.2) is 5.78 Å². The lowest BCUT2D eigenvalue weighted by atomic mass is 9.99. The van der Waals surface area contributed by atoms with Gasteiger partial charge in [-0.15, -0.1) is 0 Å². The van der Waals surface area contributed by atoms with Crippen molar-refractivity contribution in [3.8, 4) is 0 Å². The minimum atomic E-state index is 0.0548. The summed E-state index contributed by atoms with van der Waals surface area (Å²) < 4.78 is 0. The summed E-state index contributed by atoms with van der Waals surface area (Å²) >= 11 is 0. The first kappa shape index (κ1) is 8.22. The van der Waals surface area contributed by atoms with Gasteiger partial charge in [-0.05, 0) is 49.8 Å². The molecule has 1 aromatic rings. The molecule has 0 aromatic heterocycles. The van der Waals surface area contributed by atoms with E-state index in [-0.39, 0.29) is 5.41 Å². The molecule has 2 aliphatic rings. The minimum Gasteiger partial charge on any atom is -0.294 e. The molecule has 1 aromatic carbocycles. The highest BCUT2D eigenvalue weighted by Gasteiger charge is 2.54. The van der Waals surface area contributed by atoms with E-state index < -0.39 is 0 Å². The Balaban J connectivity index is 2.26. The molecule has 0 atom stereocenters. The van der Waals surface area contributed by atoms with Crippen LogP contribution in [0.25, 0.3) is 0 Å². The molecule has 1 fully saturated rings. The molecule has 3 rings (SSSR count). The summed E-state index contributed by atoms with van der Waals surface area (Å²) in [6, 6.07) is 4.22. The number of ketones is 1. The van der Waals surface area contributed by atoms with Gasteiger partial charge in [0.15, 0.2) is 5.78 Å². The van der Waals surface area contributed by atoms with Crippen molar-refractivity contribution in [2.45, 2.75) is 33.1 Å². The van der Waals surface area contributed by atoms with Gasteiger partial charge >= 0.3 is 0 Å². The van der Waals surface area contributed by atoms with E-state index in [9.17, 15) is 4.79 Å². The van der Waals surface area contributed by atoms with Gasteiger partial charge in [0.05, 0.1) is 0 Å². The molecule has 0 N–H and O–H groups in total. The number of fused-ring (bicyclic) bond motifs is 1. The Morgan fingerprint density at radius 3 is 2.36 bits per heavy atom. The molecular weight excluding hydrogens is 172 g/mol. The summed E-state index contributed by atoms with van der Waals surface area (Å²) in [5.41, 5.74) is 4.89. The van der Waals surface area contributed by atoms with Crippen molar-refractivity contribution < 1.29 is 4.79 Å². The molecule has 1 spiro atoms. The fraction of sp³-hybridized carbons (Fsp3) is 0.462. The summed E-state index contributed by atoms with van der Waals surface area (Å²) in [6.45, 7) is 4.17. The second kappa shape index (κ2) is 2.28. The van der Waals surface area contributed by atoms with E-state index in [0.717, 1.165) is 24.8 Å². The summed E-state index contributed by atoms with van der Waals surface area (Å²) in [6.07, 6.45) is 3.23. The molecule has 0 saturated heterocycles. The number of rotatable bonds is 0. The molecule has 2 aliphatic carbocycles. The van der Waals surface area contributed by atoms with Crippen LogP contribution in [0.1, 0.15) is 39.9 Å².